The molecule has 0 radical (unpaired) electrons. The number of pyridine rings is 1. The number of hydrogen-bond donors (Lipinski definition) is 1. The van der Waals surface area contributed by atoms with Crippen LogP contribution in [0.25, 0.3) is 5.65 Å². The molecule has 0 aliphatic rings. The van der Waals surface area contributed by atoms with E-state index in [-0.39, 0.29) is 5.91 Å². The number of nitrogens with zero attached hydrogens (tertiary/aromatic N) is 4. The fourth-order valence-electron chi connectivity index (χ4n) is 2.16. The van der Waals surface area contributed by atoms with E-state index in [4.69, 9.17) is 0 Å². The van der Waals surface area contributed by atoms with Gasteiger partial charge < -0.3 is 9.88 Å². The average Bonchev–Trinajstić information content (AvgIpc) is 2.99. The fraction of sp³-hybridized carbons (Fsp3) is 0.214. The van der Waals surface area contributed by atoms with Crippen molar-refractivity contribution in [2.75, 3.05) is 6.54 Å². The second-order valence-electron chi connectivity index (χ2n) is 4.73. The van der Waals surface area contributed by atoms with Gasteiger partial charge in [0, 0.05) is 48.4 Å². The Bertz CT molecular complexity index is 792. The molecule has 3 rings (SSSR count). The Balaban J connectivity index is 1.62. The highest BCUT2D eigenvalue weighted by Crippen LogP contribution is 2.09. The maximum absolute atomic E-state index is 12.0. The highest BCUT2D eigenvalue weighted by molar-refractivity contribution is 9.10. The van der Waals surface area contributed by atoms with Crippen LogP contribution >= 0.6 is 15.9 Å². The van der Waals surface area contributed by atoms with Crippen LogP contribution in [0.3, 0.4) is 0 Å². The number of carbonyl (C=O) groups excluding carboxylic acids is 1. The zero-order valence-corrected chi connectivity index (χ0v) is 13.0. The van der Waals surface area contributed by atoms with Crippen LogP contribution in [-0.4, -0.2) is 31.6 Å². The normalized spacial score (nSPS) is 11.0. The van der Waals surface area contributed by atoms with Crippen molar-refractivity contribution in [3.63, 3.8) is 0 Å². The van der Waals surface area contributed by atoms with Crippen molar-refractivity contribution in [3.05, 3.63) is 52.7 Å². The molecular weight excluding hydrogens is 334 g/mol. The molecule has 108 valence electrons. The molecule has 0 saturated carbocycles. The third-order valence-electron chi connectivity index (χ3n) is 3.13. The molecule has 0 aliphatic heterocycles. The second-order valence-corrected chi connectivity index (χ2v) is 5.64. The summed E-state index contributed by atoms with van der Waals surface area (Å²) in [5, 5.41) is 7.21. The van der Waals surface area contributed by atoms with Gasteiger partial charge in [0.25, 0.3) is 5.91 Å². The van der Waals surface area contributed by atoms with Crippen LogP contribution < -0.4 is 5.32 Å². The Morgan fingerprint density at radius 3 is 3.00 bits per heavy atom. The lowest BCUT2D eigenvalue weighted by Crippen LogP contribution is -2.27. The molecule has 21 heavy (non-hydrogen) atoms. The number of amides is 1. The quantitative estimate of drug-likeness (QED) is 0.785. The van der Waals surface area contributed by atoms with Crippen molar-refractivity contribution in [3.8, 4) is 0 Å². The summed E-state index contributed by atoms with van der Waals surface area (Å²) in [6, 6.07) is 3.76. The maximum atomic E-state index is 12.0. The van der Waals surface area contributed by atoms with Crippen molar-refractivity contribution >= 4 is 27.5 Å². The Morgan fingerprint density at radius 2 is 2.19 bits per heavy atom. The molecule has 1 amide bonds. The summed E-state index contributed by atoms with van der Waals surface area (Å²) in [7, 11) is 0. The van der Waals surface area contributed by atoms with E-state index in [9.17, 15) is 4.79 Å². The average molecular weight is 348 g/mol. The van der Waals surface area contributed by atoms with E-state index in [1.165, 1.54) is 0 Å². The Kier molecular flexibility index (Phi) is 3.74. The summed E-state index contributed by atoms with van der Waals surface area (Å²) >= 11 is 3.30. The molecule has 6 nitrogen and oxygen atoms in total. The van der Waals surface area contributed by atoms with E-state index in [0.29, 0.717) is 18.7 Å². The van der Waals surface area contributed by atoms with Gasteiger partial charge in [0.05, 0.1) is 11.3 Å². The van der Waals surface area contributed by atoms with E-state index in [0.717, 1.165) is 15.8 Å². The maximum Gasteiger partial charge on any atom is 0.252 e. The van der Waals surface area contributed by atoms with Crippen LogP contribution in [0.4, 0.5) is 0 Å². The first kappa shape index (κ1) is 13.8. The smallest absolute Gasteiger partial charge is 0.252 e. The van der Waals surface area contributed by atoms with Crippen molar-refractivity contribution in [2.24, 2.45) is 0 Å². The predicted molar refractivity (Wildman–Crippen MR) is 82.2 cm³/mol. The molecule has 0 spiro atoms. The number of imidazole rings is 1. The predicted octanol–water partition coefficient (Wildman–Crippen LogP) is 2.03. The lowest BCUT2D eigenvalue weighted by molar-refractivity contribution is 0.0952. The minimum Gasteiger partial charge on any atom is -0.350 e. The number of rotatable bonds is 4. The molecule has 0 unspecified atom stereocenters. The first-order valence-electron chi connectivity index (χ1n) is 6.53. The fourth-order valence-corrected chi connectivity index (χ4v) is 2.53. The lowest BCUT2D eigenvalue weighted by Gasteiger charge is -2.06. The van der Waals surface area contributed by atoms with Gasteiger partial charge in [0.15, 0.2) is 0 Å². The molecule has 0 atom stereocenters. The van der Waals surface area contributed by atoms with E-state index in [1.54, 1.807) is 18.5 Å². The zero-order chi connectivity index (χ0) is 14.8. The molecule has 0 saturated heterocycles. The third kappa shape index (κ3) is 2.97. The summed E-state index contributed by atoms with van der Waals surface area (Å²) < 4.78 is 4.67. The van der Waals surface area contributed by atoms with Crippen LogP contribution in [0, 0.1) is 6.92 Å². The second kappa shape index (κ2) is 5.69. The number of nitrogens with one attached hydrogen (secondary N) is 1. The van der Waals surface area contributed by atoms with E-state index >= 15 is 0 Å². The molecule has 0 aromatic carbocycles. The van der Waals surface area contributed by atoms with Gasteiger partial charge in [-0.15, -0.1) is 0 Å². The van der Waals surface area contributed by atoms with Crippen molar-refractivity contribution in [2.45, 2.75) is 13.5 Å². The number of aryl methyl sites for hydroxylation is 1. The number of carbonyl (C=O) groups is 1. The van der Waals surface area contributed by atoms with E-state index < -0.39 is 0 Å². The molecular formula is C14H14BrN5O. The Morgan fingerprint density at radius 1 is 1.33 bits per heavy atom. The highest BCUT2D eigenvalue weighted by atomic mass is 79.9. The van der Waals surface area contributed by atoms with Gasteiger partial charge in [0.2, 0.25) is 0 Å². The molecule has 3 heterocycles. The number of halogens is 1. The summed E-state index contributed by atoms with van der Waals surface area (Å²) in [5.41, 5.74) is 2.54. The summed E-state index contributed by atoms with van der Waals surface area (Å²) in [6.07, 6.45) is 7.06. The Labute approximate surface area is 129 Å². The van der Waals surface area contributed by atoms with Crippen LogP contribution in [0.15, 0.2) is 41.4 Å². The number of aromatic nitrogens is 4. The number of hydrogen-bond acceptors (Lipinski definition) is 3. The van der Waals surface area contributed by atoms with E-state index in [1.807, 2.05) is 29.9 Å². The first-order chi connectivity index (χ1) is 10.1. The third-order valence-corrected chi connectivity index (χ3v) is 3.56. The molecule has 7 heteroatoms. The SMILES string of the molecule is Cc1cc2n(CCNC(=O)c3cncc(Br)c3)ccn2n1. The van der Waals surface area contributed by atoms with Crippen molar-refractivity contribution < 1.29 is 4.79 Å². The van der Waals surface area contributed by atoms with Gasteiger partial charge in [-0.3, -0.25) is 9.78 Å². The molecule has 0 bridgehead atoms. The molecule has 3 aromatic rings. The summed E-state index contributed by atoms with van der Waals surface area (Å²) in [4.78, 5) is 16.0. The largest absolute Gasteiger partial charge is 0.350 e. The van der Waals surface area contributed by atoms with Gasteiger partial charge in [-0.25, -0.2) is 4.52 Å². The van der Waals surface area contributed by atoms with Gasteiger partial charge in [0.1, 0.15) is 5.65 Å². The standard InChI is InChI=1S/C14H14BrN5O/c1-10-6-13-19(4-5-20(13)18-10)3-2-17-14(21)11-7-12(15)9-16-8-11/h4-9H,2-3H2,1H3,(H,17,21). The molecule has 0 aliphatic carbocycles. The number of fused-ring (bicyclic) bond motifs is 1. The highest BCUT2D eigenvalue weighted by Gasteiger charge is 2.07. The zero-order valence-electron chi connectivity index (χ0n) is 11.5. The first-order valence-corrected chi connectivity index (χ1v) is 7.32. The topological polar surface area (TPSA) is 64.2 Å². The minimum absolute atomic E-state index is 0.128. The monoisotopic (exact) mass is 347 g/mol. The van der Waals surface area contributed by atoms with Crippen LogP contribution in [0.1, 0.15) is 16.1 Å². The van der Waals surface area contributed by atoms with Crippen LogP contribution in [0.2, 0.25) is 0 Å². The molecule has 3 aromatic heterocycles. The van der Waals surface area contributed by atoms with Crippen molar-refractivity contribution in [1.29, 1.82) is 0 Å². The molecule has 0 fully saturated rings. The lowest BCUT2D eigenvalue weighted by atomic mass is 10.3. The van der Waals surface area contributed by atoms with Gasteiger partial charge in [-0.1, -0.05) is 0 Å². The minimum atomic E-state index is -0.128. The van der Waals surface area contributed by atoms with Gasteiger partial charge in [-0.05, 0) is 28.9 Å². The van der Waals surface area contributed by atoms with Gasteiger partial charge >= 0.3 is 0 Å². The van der Waals surface area contributed by atoms with Crippen molar-refractivity contribution in [1.82, 2.24) is 24.5 Å². The van der Waals surface area contributed by atoms with Gasteiger partial charge in [-0.2, -0.15) is 5.10 Å². The van der Waals surface area contributed by atoms with Crippen LogP contribution in [0.5, 0.6) is 0 Å². The summed E-state index contributed by atoms with van der Waals surface area (Å²) in [5.74, 6) is -0.128. The molecule has 1 N–H and O–H groups in total. The summed E-state index contributed by atoms with van der Waals surface area (Å²) in [6.45, 7) is 3.19. The van der Waals surface area contributed by atoms with E-state index in [2.05, 4.69) is 35.9 Å². The van der Waals surface area contributed by atoms with Crippen LogP contribution in [-0.2, 0) is 6.54 Å². The Hall–Kier alpha value is -2.15.